The van der Waals surface area contributed by atoms with E-state index in [-0.39, 0.29) is 11.9 Å². The molecule has 0 spiro atoms. The maximum Gasteiger partial charge on any atom is 0.307 e. The van der Waals surface area contributed by atoms with E-state index in [4.69, 9.17) is 4.74 Å². The Balaban J connectivity index is 2.01. The highest BCUT2D eigenvalue weighted by atomic mass is 16.6. The number of carbonyl (C=O) groups excluding carboxylic acids is 2. The number of hydrogen-bond acceptors (Lipinski definition) is 4. The van der Waals surface area contributed by atoms with Crippen molar-refractivity contribution >= 4 is 11.9 Å². The van der Waals surface area contributed by atoms with Crippen molar-refractivity contribution in [1.82, 2.24) is 10.2 Å². The molecule has 1 aliphatic heterocycles. The standard InChI is InChI=1S/C14H26N2O3/c1-14(2,3)19-13(18)7-9-15-8-6-12(17)16-10-4-5-11-16/h15H,4-11H2,1-3H3. The van der Waals surface area contributed by atoms with Gasteiger partial charge in [0, 0.05) is 32.6 Å². The van der Waals surface area contributed by atoms with E-state index in [0.717, 1.165) is 25.9 Å². The minimum Gasteiger partial charge on any atom is -0.460 e. The molecule has 0 aromatic heterocycles. The largest absolute Gasteiger partial charge is 0.460 e. The van der Waals surface area contributed by atoms with Crippen LogP contribution in [0.2, 0.25) is 0 Å². The lowest BCUT2D eigenvalue weighted by Crippen LogP contribution is -2.31. The third-order valence-electron chi connectivity index (χ3n) is 2.90. The quantitative estimate of drug-likeness (QED) is 0.584. The molecule has 0 aromatic carbocycles. The Kier molecular flexibility index (Phi) is 6.28. The minimum atomic E-state index is -0.428. The molecule has 0 atom stereocenters. The van der Waals surface area contributed by atoms with Crippen LogP contribution in [0.4, 0.5) is 0 Å². The summed E-state index contributed by atoms with van der Waals surface area (Å²) in [5.74, 6) is 0.00753. The Hall–Kier alpha value is -1.10. The van der Waals surface area contributed by atoms with E-state index in [2.05, 4.69) is 5.32 Å². The number of likely N-dealkylation sites (tertiary alicyclic amines) is 1. The molecular formula is C14H26N2O3. The molecule has 0 unspecified atom stereocenters. The van der Waals surface area contributed by atoms with Crippen LogP contribution in [0.3, 0.4) is 0 Å². The van der Waals surface area contributed by atoms with Crippen LogP contribution in [-0.4, -0.2) is 48.6 Å². The number of rotatable bonds is 6. The van der Waals surface area contributed by atoms with Crippen LogP contribution in [0.25, 0.3) is 0 Å². The highest BCUT2D eigenvalue weighted by molar-refractivity contribution is 5.76. The summed E-state index contributed by atoms with van der Waals surface area (Å²) in [5, 5.41) is 3.11. The van der Waals surface area contributed by atoms with Gasteiger partial charge in [0.2, 0.25) is 5.91 Å². The first-order chi connectivity index (χ1) is 8.88. The molecule has 1 N–H and O–H groups in total. The van der Waals surface area contributed by atoms with Gasteiger partial charge in [-0.2, -0.15) is 0 Å². The van der Waals surface area contributed by atoms with Crippen molar-refractivity contribution in [2.45, 2.75) is 52.1 Å². The van der Waals surface area contributed by atoms with Crippen molar-refractivity contribution in [2.75, 3.05) is 26.2 Å². The Bertz CT molecular complexity index is 304. The first-order valence-corrected chi connectivity index (χ1v) is 7.09. The van der Waals surface area contributed by atoms with Crippen molar-refractivity contribution in [3.63, 3.8) is 0 Å². The predicted molar refractivity (Wildman–Crippen MR) is 73.8 cm³/mol. The Morgan fingerprint density at radius 2 is 1.68 bits per heavy atom. The summed E-state index contributed by atoms with van der Waals surface area (Å²) >= 11 is 0. The van der Waals surface area contributed by atoms with E-state index in [9.17, 15) is 9.59 Å². The highest BCUT2D eigenvalue weighted by Crippen LogP contribution is 2.09. The lowest BCUT2D eigenvalue weighted by Gasteiger charge is -2.19. The second kappa shape index (κ2) is 7.48. The molecule has 1 fully saturated rings. The second-order valence-corrected chi connectivity index (χ2v) is 5.92. The Labute approximate surface area is 115 Å². The smallest absolute Gasteiger partial charge is 0.307 e. The van der Waals surface area contributed by atoms with Gasteiger partial charge in [0.15, 0.2) is 0 Å². The third kappa shape index (κ3) is 7.15. The molecule has 19 heavy (non-hydrogen) atoms. The second-order valence-electron chi connectivity index (χ2n) is 5.92. The summed E-state index contributed by atoms with van der Waals surface area (Å²) in [4.78, 5) is 25.1. The van der Waals surface area contributed by atoms with E-state index in [1.807, 2.05) is 25.7 Å². The van der Waals surface area contributed by atoms with Crippen LogP contribution in [-0.2, 0) is 14.3 Å². The van der Waals surface area contributed by atoms with Crippen LogP contribution in [0, 0.1) is 0 Å². The average molecular weight is 270 g/mol. The molecule has 5 nitrogen and oxygen atoms in total. The molecule has 1 aliphatic rings. The van der Waals surface area contributed by atoms with E-state index < -0.39 is 5.60 Å². The molecule has 0 bridgehead atoms. The molecule has 1 heterocycles. The number of amides is 1. The van der Waals surface area contributed by atoms with E-state index in [0.29, 0.717) is 25.9 Å². The molecule has 0 radical (unpaired) electrons. The average Bonchev–Trinajstić information content (AvgIpc) is 2.79. The molecule has 5 heteroatoms. The van der Waals surface area contributed by atoms with Crippen molar-refractivity contribution < 1.29 is 14.3 Å². The Morgan fingerprint density at radius 3 is 2.26 bits per heavy atom. The number of esters is 1. The SMILES string of the molecule is CC(C)(C)OC(=O)CCNCCC(=O)N1CCCC1. The number of nitrogens with one attached hydrogen (secondary N) is 1. The van der Waals surface area contributed by atoms with Gasteiger partial charge >= 0.3 is 5.97 Å². The van der Waals surface area contributed by atoms with E-state index in [1.54, 1.807) is 0 Å². The van der Waals surface area contributed by atoms with Crippen molar-refractivity contribution in [3.05, 3.63) is 0 Å². The summed E-state index contributed by atoms with van der Waals surface area (Å²) in [6.07, 6.45) is 3.10. The van der Waals surface area contributed by atoms with Gasteiger partial charge in [-0.25, -0.2) is 0 Å². The normalized spacial score (nSPS) is 15.6. The molecule has 1 amide bonds. The monoisotopic (exact) mass is 270 g/mol. The number of hydrogen-bond donors (Lipinski definition) is 1. The van der Waals surface area contributed by atoms with Crippen LogP contribution >= 0.6 is 0 Å². The van der Waals surface area contributed by atoms with Crippen molar-refractivity contribution in [3.8, 4) is 0 Å². The zero-order valence-electron chi connectivity index (χ0n) is 12.3. The molecule has 1 saturated heterocycles. The topological polar surface area (TPSA) is 58.6 Å². The highest BCUT2D eigenvalue weighted by Gasteiger charge is 2.17. The van der Waals surface area contributed by atoms with Gasteiger partial charge in [0.1, 0.15) is 5.60 Å². The van der Waals surface area contributed by atoms with Gasteiger partial charge in [0.25, 0.3) is 0 Å². The molecule has 0 aromatic rings. The van der Waals surface area contributed by atoms with E-state index in [1.165, 1.54) is 0 Å². The van der Waals surface area contributed by atoms with Crippen molar-refractivity contribution in [2.24, 2.45) is 0 Å². The maximum atomic E-state index is 11.7. The van der Waals surface area contributed by atoms with Crippen LogP contribution in [0.5, 0.6) is 0 Å². The fourth-order valence-electron chi connectivity index (χ4n) is 2.03. The van der Waals surface area contributed by atoms with Gasteiger partial charge in [-0.15, -0.1) is 0 Å². The van der Waals surface area contributed by atoms with Crippen LogP contribution in [0.15, 0.2) is 0 Å². The fraction of sp³-hybridized carbons (Fsp3) is 0.857. The first kappa shape index (κ1) is 16.0. The summed E-state index contributed by atoms with van der Waals surface area (Å²) in [6, 6.07) is 0. The minimum absolute atomic E-state index is 0.203. The van der Waals surface area contributed by atoms with E-state index >= 15 is 0 Å². The molecule has 0 aliphatic carbocycles. The van der Waals surface area contributed by atoms with Crippen LogP contribution in [0.1, 0.15) is 46.5 Å². The van der Waals surface area contributed by atoms with Gasteiger partial charge < -0.3 is 15.0 Å². The predicted octanol–water partition coefficient (Wildman–Crippen LogP) is 1.32. The molecule has 1 rings (SSSR count). The zero-order chi connectivity index (χ0) is 14.3. The summed E-state index contributed by atoms with van der Waals surface area (Å²) < 4.78 is 5.19. The zero-order valence-corrected chi connectivity index (χ0v) is 12.3. The third-order valence-corrected chi connectivity index (χ3v) is 2.90. The van der Waals surface area contributed by atoms with Gasteiger partial charge in [-0.1, -0.05) is 0 Å². The summed E-state index contributed by atoms with van der Waals surface area (Å²) in [6.45, 7) is 8.54. The summed E-state index contributed by atoms with van der Waals surface area (Å²) in [5.41, 5.74) is -0.428. The molecule has 0 saturated carbocycles. The molecular weight excluding hydrogens is 244 g/mol. The van der Waals surface area contributed by atoms with Crippen LogP contribution < -0.4 is 5.32 Å². The first-order valence-electron chi connectivity index (χ1n) is 7.09. The fourth-order valence-corrected chi connectivity index (χ4v) is 2.03. The summed E-state index contributed by atoms with van der Waals surface area (Å²) in [7, 11) is 0. The molecule has 110 valence electrons. The van der Waals surface area contributed by atoms with Gasteiger partial charge in [0.05, 0.1) is 6.42 Å². The number of nitrogens with zero attached hydrogens (tertiary/aromatic N) is 1. The van der Waals surface area contributed by atoms with Gasteiger partial charge in [-0.05, 0) is 33.6 Å². The lowest BCUT2D eigenvalue weighted by atomic mass is 10.2. The maximum absolute atomic E-state index is 11.7. The number of carbonyl (C=O) groups is 2. The Morgan fingerprint density at radius 1 is 1.11 bits per heavy atom. The number of ether oxygens (including phenoxy) is 1. The lowest BCUT2D eigenvalue weighted by molar-refractivity contribution is -0.154. The van der Waals surface area contributed by atoms with Gasteiger partial charge in [-0.3, -0.25) is 9.59 Å². The van der Waals surface area contributed by atoms with Crippen molar-refractivity contribution in [1.29, 1.82) is 0 Å².